The quantitative estimate of drug-likeness (QED) is 0.679. The summed E-state index contributed by atoms with van der Waals surface area (Å²) in [6.07, 6.45) is 0. The van der Waals surface area contributed by atoms with Crippen molar-refractivity contribution in [1.29, 1.82) is 0 Å². The monoisotopic (exact) mass is 406 g/mol. The average molecular weight is 406 g/mol. The molecule has 0 amide bonds. The van der Waals surface area contributed by atoms with Crippen LogP contribution in [0.3, 0.4) is 0 Å². The van der Waals surface area contributed by atoms with E-state index in [0.717, 1.165) is 38.3 Å². The Morgan fingerprint density at radius 1 is 0.933 bits per heavy atom. The van der Waals surface area contributed by atoms with Gasteiger partial charge in [0, 0.05) is 44.4 Å². The number of ether oxygens (including phenoxy) is 2. The van der Waals surface area contributed by atoms with Crippen LogP contribution in [0, 0.1) is 0 Å². The van der Waals surface area contributed by atoms with E-state index in [0.29, 0.717) is 23.1 Å². The molecule has 0 saturated carbocycles. The highest BCUT2D eigenvalue weighted by Crippen LogP contribution is 2.31. The molecule has 0 aliphatic carbocycles. The maximum atomic E-state index is 12.3. The third-order valence-electron chi connectivity index (χ3n) is 5.33. The first-order valence-corrected chi connectivity index (χ1v) is 10.0. The zero-order chi connectivity index (χ0) is 20.9. The largest absolute Gasteiger partial charge is 0.493 e. The zero-order valence-electron chi connectivity index (χ0n) is 17.3. The van der Waals surface area contributed by atoms with Gasteiger partial charge in [-0.3, -0.25) is 14.7 Å². The van der Waals surface area contributed by atoms with Crippen LogP contribution < -0.4 is 19.9 Å². The van der Waals surface area contributed by atoms with Crippen LogP contribution in [-0.2, 0) is 6.54 Å². The highest BCUT2D eigenvalue weighted by molar-refractivity contribution is 5.64. The first-order valence-electron chi connectivity index (χ1n) is 10.0. The Labute approximate surface area is 175 Å². The molecule has 156 valence electrons. The van der Waals surface area contributed by atoms with Crippen LogP contribution in [0.15, 0.2) is 59.4 Å². The fraction of sp³-hybridized carbons (Fsp3) is 0.304. The molecule has 0 spiro atoms. The van der Waals surface area contributed by atoms with Gasteiger partial charge in [0.05, 0.1) is 19.9 Å². The lowest BCUT2D eigenvalue weighted by Crippen LogP contribution is -2.46. The number of nitrogens with one attached hydrogen (secondary N) is 1. The molecule has 0 radical (unpaired) electrons. The lowest BCUT2D eigenvalue weighted by Gasteiger charge is -2.35. The number of hydrogen-bond donors (Lipinski definition) is 1. The molecule has 4 rings (SSSR count). The third-order valence-corrected chi connectivity index (χ3v) is 5.33. The SMILES string of the molecule is COc1ccc(-c2cc(=O)[nH]c(N3CCN(Cc4ccccc4)CC3)n2)cc1OC. The van der Waals surface area contributed by atoms with Crippen LogP contribution in [-0.4, -0.2) is 55.3 Å². The summed E-state index contributed by atoms with van der Waals surface area (Å²) in [7, 11) is 3.19. The Kier molecular flexibility index (Phi) is 5.99. The second kappa shape index (κ2) is 9.00. The van der Waals surface area contributed by atoms with E-state index in [4.69, 9.17) is 14.5 Å². The minimum absolute atomic E-state index is 0.170. The van der Waals surface area contributed by atoms with E-state index in [9.17, 15) is 4.79 Å². The zero-order valence-corrected chi connectivity index (χ0v) is 17.3. The highest BCUT2D eigenvalue weighted by Gasteiger charge is 2.20. The first-order chi connectivity index (χ1) is 14.7. The van der Waals surface area contributed by atoms with E-state index in [1.165, 1.54) is 11.6 Å². The van der Waals surface area contributed by atoms with Gasteiger partial charge < -0.3 is 14.4 Å². The average Bonchev–Trinajstić information content (AvgIpc) is 2.79. The molecule has 0 unspecified atom stereocenters. The molecule has 2 aromatic carbocycles. The second-order valence-corrected chi connectivity index (χ2v) is 7.27. The van der Waals surface area contributed by atoms with Crippen molar-refractivity contribution in [2.45, 2.75) is 6.54 Å². The summed E-state index contributed by atoms with van der Waals surface area (Å²) in [4.78, 5) is 24.5. The number of nitrogens with zero attached hydrogens (tertiary/aromatic N) is 3. The van der Waals surface area contributed by atoms with Gasteiger partial charge in [-0.15, -0.1) is 0 Å². The van der Waals surface area contributed by atoms with Crippen molar-refractivity contribution >= 4 is 5.95 Å². The fourth-order valence-electron chi connectivity index (χ4n) is 3.70. The molecule has 2 heterocycles. The fourth-order valence-corrected chi connectivity index (χ4v) is 3.70. The minimum atomic E-state index is -0.170. The number of aromatic amines is 1. The lowest BCUT2D eigenvalue weighted by atomic mass is 10.1. The van der Waals surface area contributed by atoms with Crippen LogP contribution in [0.4, 0.5) is 5.95 Å². The molecule has 0 bridgehead atoms. The third kappa shape index (κ3) is 4.46. The van der Waals surface area contributed by atoms with Gasteiger partial charge in [-0.05, 0) is 23.8 Å². The number of rotatable bonds is 6. The Morgan fingerprint density at radius 2 is 1.67 bits per heavy atom. The Bertz CT molecular complexity index is 1040. The molecule has 1 N–H and O–H groups in total. The summed E-state index contributed by atoms with van der Waals surface area (Å²) in [5, 5.41) is 0. The molecular formula is C23H26N4O3. The normalized spacial score (nSPS) is 14.5. The Hall–Kier alpha value is -3.32. The van der Waals surface area contributed by atoms with Gasteiger partial charge in [0.15, 0.2) is 11.5 Å². The van der Waals surface area contributed by atoms with E-state index in [2.05, 4.69) is 39.0 Å². The van der Waals surface area contributed by atoms with Crippen molar-refractivity contribution in [3.63, 3.8) is 0 Å². The molecular weight excluding hydrogens is 380 g/mol. The van der Waals surface area contributed by atoms with E-state index in [1.54, 1.807) is 14.2 Å². The summed E-state index contributed by atoms with van der Waals surface area (Å²) in [6, 6.07) is 17.5. The number of benzene rings is 2. The van der Waals surface area contributed by atoms with Crippen LogP contribution in [0.1, 0.15) is 5.56 Å². The molecule has 1 saturated heterocycles. The van der Waals surface area contributed by atoms with Gasteiger partial charge in [0.1, 0.15) is 0 Å². The van der Waals surface area contributed by atoms with E-state index < -0.39 is 0 Å². The highest BCUT2D eigenvalue weighted by atomic mass is 16.5. The van der Waals surface area contributed by atoms with Crippen LogP contribution in [0.5, 0.6) is 11.5 Å². The van der Waals surface area contributed by atoms with Crippen molar-refractivity contribution in [3.05, 3.63) is 70.5 Å². The second-order valence-electron chi connectivity index (χ2n) is 7.27. The summed E-state index contributed by atoms with van der Waals surface area (Å²) in [5.74, 6) is 1.85. The maximum Gasteiger partial charge on any atom is 0.252 e. The van der Waals surface area contributed by atoms with Crippen LogP contribution >= 0.6 is 0 Å². The topological polar surface area (TPSA) is 70.7 Å². The Morgan fingerprint density at radius 3 is 2.37 bits per heavy atom. The van der Waals surface area contributed by atoms with Crippen LogP contribution in [0.2, 0.25) is 0 Å². The molecule has 1 aliphatic heterocycles. The van der Waals surface area contributed by atoms with E-state index in [1.807, 2.05) is 24.3 Å². The predicted octanol–water partition coefficient (Wildman–Crippen LogP) is 2.78. The van der Waals surface area contributed by atoms with Gasteiger partial charge in [0.25, 0.3) is 5.56 Å². The number of H-pyrrole nitrogens is 1. The van der Waals surface area contributed by atoms with Gasteiger partial charge in [-0.1, -0.05) is 30.3 Å². The standard InChI is InChI=1S/C23H26N4O3/c1-29-20-9-8-18(14-21(20)30-2)19-15-22(28)25-23(24-19)27-12-10-26(11-13-27)16-17-6-4-3-5-7-17/h3-9,14-15H,10-13,16H2,1-2H3,(H,24,25,28). The van der Waals surface area contributed by atoms with Crippen molar-refractivity contribution in [3.8, 4) is 22.8 Å². The smallest absolute Gasteiger partial charge is 0.252 e. The summed E-state index contributed by atoms with van der Waals surface area (Å²) < 4.78 is 10.7. The van der Waals surface area contributed by atoms with E-state index in [-0.39, 0.29) is 5.56 Å². The summed E-state index contributed by atoms with van der Waals surface area (Å²) in [5.41, 5.74) is 2.56. The number of anilines is 1. The van der Waals surface area contributed by atoms with Crippen molar-refractivity contribution < 1.29 is 9.47 Å². The number of aromatic nitrogens is 2. The lowest BCUT2D eigenvalue weighted by molar-refractivity contribution is 0.248. The number of piperazine rings is 1. The predicted molar refractivity (Wildman–Crippen MR) is 117 cm³/mol. The maximum absolute atomic E-state index is 12.3. The molecule has 1 fully saturated rings. The molecule has 7 nitrogen and oxygen atoms in total. The molecule has 7 heteroatoms. The summed E-state index contributed by atoms with van der Waals surface area (Å²) in [6.45, 7) is 4.39. The number of methoxy groups -OCH3 is 2. The molecule has 1 aromatic heterocycles. The van der Waals surface area contributed by atoms with Gasteiger partial charge in [-0.2, -0.15) is 0 Å². The number of hydrogen-bond acceptors (Lipinski definition) is 6. The van der Waals surface area contributed by atoms with Crippen molar-refractivity contribution in [2.24, 2.45) is 0 Å². The van der Waals surface area contributed by atoms with Gasteiger partial charge in [-0.25, -0.2) is 4.98 Å². The van der Waals surface area contributed by atoms with Gasteiger partial charge >= 0.3 is 0 Å². The van der Waals surface area contributed by atoms with Crippen molar-refractivity contribution in [1.82, 2.24) is 14.9 Å². The minimum Gasteiger partial charge on any atom is -0.493 e. The molecule has 30 heavy (non-hydrogen) atoms. The van der Waals surface area contributed by atoms with E-state index >= 15 is 0 Å². The summed E-state index contributed by atoms with van der Waals surface area (Å²) >= 11 is 0. The van der Waals surface area contributed by atoms with Crippen LogP contribution in [0.25, 0.3) is 11.3 Å². The molecule has 3 aromatic rings. The first kappa shape index (κ1) is 20.0. The Balaban J connectivity index is 1.50. The molecule has 1 aliphatic rings. The molecule has 0 atom stereocenters. The van der Waals surface area contributed by atoms with Gasteiger partial charge in [0.2, 0.25) is 5.95 Å². The van der Waals surface area contributed by atoms with Crippen molar-refractivity contribution in [2.75, 3.05) is 45.3 Å².